The van der Waals surface area contributed by atoms with Crippen LogP contribution in [-0.2, 0) is 0 Å². The first kappa shape index (κ1) is 15.2. The van der Waals surface area contributed by atoms with Gasteiger partial charge in [0.2, 0.25) is 0 Å². The van der Waals surface area contributed by atoms with E-state index in [-0.39, 0.29) is 5.69 Å². The smallest absolute Gasteiger partial charge is 0.269 e. The lowest BCUT2D eigenvalue weighted by atomic mass is 10.1. The molecule has 1 aliphatic rings. The van der Waals surface area contributed by atoms with Crippen LogP contribution >= 0.6 is 0 Å². The molecule has 0 spiro atoms. The van der Waals surface area contributed by atoms with Crippen LogP contribution in [0.3, 0.4) is 0 Å². The number of benzene rings is 3. The average Bonchev–Trinajstić information content (AvgIpc) is 2.59. The second-order valence-corrected chi connectivity index (χ2v) is 6.15. The molecule has 0 saturated heterocycles. The number of hydrogen-bond acceptors (Lipinski definition) is 4. The number of aryl methyl sites for hydroxylation is 2. The molecule has 0 saturated carbocycles. The van der Waals surface area contributed by atoms with Crippen LogP contribution < -0.4 is 9.64 Å². The van der Waals surface area contributed by atoms with Gasteiger partial charge in [0, 0.05) is 17.8 Å². The highest BCUT2D eigenvalue weighted by Crippen LogP contribution is 2.50. The summed E-state index contributed by atoms with van der Waals surface area (Å²) in [6.07, 6.45) is 0. The Hall–Kier alpha value is -3.34. The molecule has 124 valence electrons. The largest absolute Gasteiger partial charge is 0.453 e. The predicted octanol–water partition coefficient (Wildman–Crippen LogP) is 5.79. The number of ether oxygens (including phenoxy) is 1. The van der Waals surface area contributed by atoms with Crippen LogP contribution in [0.25, 0.3) is 0 Å². The summed E-state index contributed by atoms with van der Waals surface area (Å²) < 4.78 is 6.10. The van der Waals surface area contributed by atoms with Crippen molar-refractivity contribution in [2.75, 3.05) is 4.90 Å². The van der Waals surface area contributed by atoms with E-state index >= 15 is 0 Å². The maximum Gasteiger partial charge on any atom is 0.269 e. The number of anilines is 3. The molecule has 0 radical (unpaired) electrons. The molecule has 0 aromatic heterocycles. The molecule has 25 heavy (non-hydrogen) atoms. The molecule has 0 atom stereocenters. The Kier molecular flexibility index (Phi) is 3.42. The third kappa shape index (κ3) is 2.59. The Bertz CT molecular complexity index is 929. The average molecular weight is 332 g/mol. The summed E-state index contributed by atoms with van der Waals surface area (Å²) in [5, 5.41) is 10.9. The zero-order valence-corrected chi connectivity index (χ0v) is 13.9. The van der Waals surface area contributed by atoms with Crippen molar-refractivity contribution in [1.29, 1.82) is 0 Å². The second-order valence-electron chi connectivity index (χ2n) is 6.15. The minimum Gasteiger partial charge on any atom is -0.453 e. The van der Waals surface area contributed by atoms with Crippen molar-refractivity contribution in [2.45, 2.75) is 13.8 Å². The first-order chi connectivity index (χ1) is 12.0. The van der Waals surface area contributed by atoms with E-state index in [0.717, 1.165) is 39.7 Å². The molecule has 0 amide bonds. The molecule has 3 aromatic rings. The quantitative estimate of drug-likeness (QED) is 0.344. The minimum absolute atomic E-state index is 0.0743. The van der Waals surface area contributed by atoms with Crippen LogP contribution in [0.5, 0.6) is 11.5 Å². The highest BCUT2D eigenvalue weighted by Gasteiger charge is 2.26. The lowest BCUT2D eigenvalue weighted by Gasteiger charge is -2.33. The molecule has 0 bridgehead atoms. The summed E-state index contributed by atoms with van der Waals surface area (Å²) in [7, 11) is 0. The van der Waals surface area contributed by atoms with E-state index < -0.39 is 4.92 Å². The zero-order valence-electron chi connectivity index (χ0n) is 13.9. The van der Waals surface area contributed by atoms with Crippen LogP contribution in [-0.4, -0.2) is 4.92 Å². The van der Waals surface area contributed by atoms with E-state index in [9.17, 15) is 10.1 Å². The van der Waals surface area contributed by atoms with E-state index in [4.69, 9.17) is 4.74 Å². The van der Waals surface area contributed by atoms with Crippen molar-refractivity contribution in [3.63, 3.8) is 0 Å². The van der Waals surface area contributed by atoms with E-state index in [2.05, 4.69) is 4.90 Å². The maximum atomic E-state index is 10.9. The van der Waals surface area contributed by atoms with E-state index in [1.807, 2.05) is 50.2 Å². The van der Waals surface area contributed by atoms with Crippen molar-refractivity contribution in [2.24, 2.45) is 0 Å². The Morgan fingerprint density at radius 3 is 1.84 bits per heavy atom. The molecule has 1 aliphatic heterocycles. The monoisotopic (exact) mass is 332 g/mol. The Labute approximate surface area is 145 Å². The van der Waals surface area contributed by atoms with Crippen molar-refractivity contribution < 1.29 is 9.66 Å². The number of hydrogen-bond donors (Lipinski definition) is 0. The molecule has 5 nitrogen and oxygen atoms in total. The number of rotatable bonds is 2. The van der Waals surface area contributed by atoms with Crippen molar-refractivity contribution in [3.05, 3.63) is 81.9 Å². The molecular formula is C20H16N2O3. The highest BCUT2D eigenvalue weighted by molar-refractivity contribution is 5.86. The Balaban J connectivity index is 1.90. The summed E-state index contributed by atoms with van der Waals surface area (Å²) in [6, 6.07) is 18.6. The number of nitro groups is 1. The van der Waals surface area contributed by atoms with Gasteiger partial charge in [-0.2, -0.15) is 0 Å². The van der Waals surface area contributed by atoms with Crippen LogP contribution in [0.2, 0.25) is 0 Å². The van der Waals surface area contributed by atoms with Gasteiger partial charge >= 0.3 is 0 Å². The van der Waals surface area contributed by atoms with Gasteiger partial charge < -0.3 is 9.64 Å². The van der Waals surface area contributed by atoms with Crippen LogP contribution in [0, 0.1) is 24.0 Å². The molecule has 0 fully saturated rings. The van der Waals surface area contributed by atoms with E-state index in [0.29, 0.717) is 0 Å². The first-order valence-electron chi connectivity index (χ1n) is 7.97. The lowest BCUT2D eigenvalue weighted by molar-refractivity contribution is -0.384. The fourth-order valence-electron chi connectivity index (χ4n) is 3.03. The standard InChI is InChI=1S/C20H16N2O3/c1-13-3-9-17-19(11-13)25-20-12-14(2)4-10-18(20)21(17)15-5-7-16(8-6-15)22(23)24/h3-12H,1-2H3. The summed E-state index contributed by atoms with van der Waals surface area (Å²) in [5.74, 6) is 1.55. The first-order valence-corrected chi connectivity index (χ1v) is 7.97. The summed E-state index contributed by atoms with van der Waals surface area (Å²) in [5.41, 5.74) is 4.97. The van der Waals surface area contributed by atoms with Crippen LogP contribution in [0.15, 0.2) is 60.7 Å². The number of nitro benzene ring substituents is 1. The van der Waals surface area contributed by atoms with Gasteiger partial charge in [0.1, 0.15) is 0 Å². The van der Waals surface area contributed by atoms with Crippen LogP contribution in [0.1, 0.15) is 11.1 Å². The topological polar surface area (TPSA) is 55.6 Å². The fraction of sp³-hybridized carbons (Fsp3) is 0.100. The van der Waals surface area contributed by atoms with Gasteiger partial charge in [0.25, 0.3) is 5.69 Å². The number of fused-ring (bicyclic) bond motifs is 2. The van der Waals surface area contributed by atoms with Gasteiger partial charge in [-0.25, -0.2) is 0 Å². The van der Waals surface area contributed by atoms with Crippen molar-refractivity contribution in [3.8, 4) is 11.5 Å². The summed E-state index contributed by atoms with van der Waals surface area (Å²) >= 11 is 0. The van der Waals surface area contributed by atoms with Gasteiger partial charge in [0.15, 0.2) is 11.5 Å². The van der Waals surface area contributed by atoms with Gasteiger partial charge in [-0.3, -0.25) is 10.1 Å². The van der Waals surface area contributed by atoms with Crippen LogP contribution in [0.4, 0.5) is 22.7 Å². The number of nitrogens with zero attached hydrogens (tertiary/aromatic N) is 2. The third-order valence-corrected chi connectivity index (χ3v) is 4.25. The van der Waals surface area contributed by atoms with Gasteiger partial charge in [-0.05, 0) is 61.4 Å². The van der Waals surface area contributed by atoms with E-state index in [1.54, 1.807) is 12.1 Å². The summed E-state index contributed by atoms with van der Waals surface area (Å²) in [4.78, 5) is 12.6. The maximum absolute atomic E-state index is 10.9. The normalized spacial score (nSPS) is 12.2. The molecule has 5 heteroatoms. The molecule has 0 N–H and O–H groups in total. The fourth-order valence-corrected chi connectivity index (χ4v) is 3.03. The predicted molar refractivity (Wildman–Crippen MR) is 97.3 cm³/mol. The SMILES string of the molecule is Cc1ccc2c(c1)Oc1cc(C)ccc1N2c1ccc([N+](=O)[O-])cc1. The molecule has 1 heterocycles. The molecule has 0 aliphatic carbocycles. The van der Waals surface area contributed by atoms with E-state index in [1.165, 1.54) is 12.1 Å². The van der Waals surface area contributed by atoms with Gasteiger partial charge in [-0.15, -0.1) is 0 Å². The third-order valence-electron chi connectivity index (χ3n) is 4.25. The van der Waals surface area contributed by atoms with Gasteiger partial charge in [0.05, 0.1) is 16.3 Å². The Morgan fingerprint density at radius 1 is 0.840 bits per heavy atom. The molecular weight excluding hydrogens is 316 g/mol. The highest BCUT2D eigenvalue weighted by atomic mass is 16.6. The summed E-state index contributed by atoms with van der Waals surface area (Å²) in [6.45, 7) is 4.04. The minimum atomic E-state index is -0.391. The van der Waals surface area contributed by atoms with Crippen molar-refractivity contribution in [1.82, 2.24) is 0 Å². The molecule has 3 aromatic carbocycles. The number of non-ortho nitro benzene ring substituents is 1. The van der Waals surface area contributed by atoms with Crippen molar-refractivity contribution >= 4 is 22.7 Å². The second kappa shape index (κ2) is 5.63. The Morgan fingerprint density at radius 2 is 1.36 bits per heavy atom. The lowest BCUT2D eigenvalue weighted by Crippen LogP contribution is -2.16. The van der Waals surface area contributed by atoms with Gasteiger partial charge in [-0.1, -0.05) is 12.1 Å². The zero-order chi connectivity index (χ0) is 17.6. The molecule has 4 rings (SSSR count). The molecule has 0 unspecified atom stereocenters.